The first-order valence-electron chi connectivity index (χ1n) is 8.62. The summed E-state index contributed by atoms with van der Waals surface area (Å²) in [5.41, 5.74) is 9.58. The van der Waals surface area contributed by atoms with Crippen LogP contribution in [0.25, 0.3) is 5.57 Å². The number of anilines is 1. The van der Waals surface area contributed by atoms with Crippen LogP contribution in [0.2, 0.25) is 0 Å². The molecule has 0 spiro atoms. The van der Waals surface area contributed by atoms with Crippen molar-refractivity contribution in [3.8, 4) is 0 Å². The maximum Gasteiger partial charge on any atom is 0.128 e. The fourth-order valence-electron chi connectivity index (χ4n) is 2.77. The van der Waals surface area contributed by atoms with Gasteiger partial charge in [0.1, 0.15) is 5.84 Å². The summed E-state index contributed by atoms with van der Waals surface area (Å²) in [5.74, 6) is 1.20. The molecule has 1 saturated carbocycles. The third kappa shape index (κ3) is 4.45. The number of allylic oxidation sites excluding steroid dienone is 1. The average Bonchev–Trinajstić information content (AvgIpc) is 3.47. The van der Waals surface area contributed by atoms with E-state index in [0.29, 0.717) is 23.6 Å². The molecule has 1 aromatic rings. The van der Waals surface area contributed by atoms with Crippen LogP contribution in [0.4, 0.5) is 5.69 Å². The number of nitrogens with two attached hydrogens (primary N) is 1. The van der Waals surface area contributed by atoms with Crippen molar-refractivity contribution in [2.75, 3.05) is 25.0 Å². The van der Waals surface area contributed by atoms with Gasteiger partial charge in [-0.2, -0.15) is 0 Å². The standard InChI is InChI=1S/C18H25N7/c19-7-13(8-20)16-4-3-14(10-24-16)25-18(21)15-11-22-6-5-17(15)23-9-12-1-2-12/h3-4,7-8,10,12,19,22-23H,1-2,5-6,9,11,20H2,(H2,21,25)/b13-8+,19-7?. The smallest absolute Gasteiger partial charge is 0.128 e. The zero-order chi connectivity index (χ0) is 17.6. The molecule has 0 atom stereocenters. The number of nitrogens with one attached hydrogen (secondary N) is 5. The van der Waals surface area contributed by atoms with Gasteiger partial charge >= 0.3 is 0 Å². The van der Waals surface area contributed by atoms with E-state index in [1.807, 2.05) is 6.07 Å². The van der Waals surface area contributed by atoms with Crippen LogP contribution in [0.5, 0.6) is 0 Å². The quantitative estimate of drug-likeness (QED) is 0.333. The molecule has 1 aromatic heterocycles. The molecule has 1 aliphatic carbocycles. The normalized spacial score (nSPS) is 18.0. The van der Waals surface area contributed by atoms with E-state index < -0.39 is 0 Å². The lowest BCUT2D eigenvalue weighted by Gasteiger charge is -2.23. The van der Waals surface area contributed by atoms with Crippen molar-refractivity contribution in [3.05, 3.63) is 41.5 Å². The predicted molar refractivity (Wildman–Crippen MR) is 102 cm³/mol. The van der Waals surface area contributed by atoms with Crippen LogP contribution in [0, 0.1) is 16.7 Å². The van der Waals surface area contributed by atoms with Crippen molar-refractivity contribution >= 4 is 23.3 Å². The Kier molecular flexibility index (Phi) is 5.45. The maximum atomic E-state index is 8.42. The number of aromatic nitrogens is 1. The molecule has 7 nitrogen and oxygen atoms in total. The molecule has 0 bridgehead atoms. The highest BCUT2D eigenvalue weighted by atomic mass is 15.0. The van der Waals surface area contributed by atoms with Gasteiger partial charge in [-0.1, -0.05) is 0 Å². The van der Waals surface area contributed by atoms with Crippen molar-refractivity contribution in [2.45, 2.75) is 19.3 Å². The fourth-order valence-corrected chi connectivity index (χ4v) is 2.77. The van der Waals surface area contributed by atoms with Gasteiger partial charge in [-0.15, -0.1) is 0 Å². The van der Waals surface area contributed by atoms with Crippen LogP contribution in [0.3, 0.4) is 0 Å². The zero-order valence-corrected chi connectivity index (χ0v) is 14.2. The van der Waals surface area contributed by atoms with Crippen molar-refractivity contribution < 1.29 is 0 Å². The molecule has 3 rings (SSSR count). The van der Waals surface area contributed by atoms with Gasteiger partial charge < -0.3 is 27.1 Å². The Morgan fingerprint density at radius 2 is 2.24 bits per heavy atom. The summed E-state index contributed by atoms with van der Waals surface area (Å²) in [4.78, 5) is 4.30. The lowest BCUT2D eigenvalue weighted by molar-refractivity contribution is 0.616. The minimum absolute atomic E-state index is 0.390. The molecule has 25 heavy (non-hydrogen) atoms. The van der Waals surface area contributed by atoms with E-state index in [1.54, 1.807) is 12.3 Å². The van der Waals surface area contributed by atoms with E-state index in [9.17, 15) is 0 Å². The summed E-state index contributed by atoms with van der Waals surface area (Å²) in [6.07, 6.45) is 7.75. The second-order valence-electron chi connectivity index (χ2n) is 6.41. The van der Waals surface area contributed by atoms with Gasteiger partial charge in [-0.3, -0.25) is 10.4 Å². The molecular formula is C18H25N7. The number of hydrogen-bond donors (Lipinski definition) is 6. The fraction of sp³-hybridized carbons (Fsp3) is 0.389. The largest absolute Gasteiger partial charge is 0.404 e. The molecule has 7 heteroatoms. The molecule has 1 aliphatic heterocycles. The van der Waals surface area contributed by atoms with Crippen molar-refractivity contribution in [1.29, 1.82) is 10.8 Å². The average molecular weight is 339 g/mol. The van der Waals surface area contributed by atoms with E-state index in [1.165, 1.54) is 31.0 Å². The number of rotatable bonds is 7. The van der Waals surface area contributed by atoms with Gasteiger partial charge in [0.05, 0.1) is 17.6 Å². The monoisotopic (exact) mass is 339 g/mol. The van der Waals surface area contributed by atoms with E-state index in [2.05, 4.69) is 20.9 Å². The number of hydrogen-bond acceptors (Lipinski definition) is 6. The summed E-state index contributed by atoms with van der Waals surface area (Å²) in [6.45, 7) is 2.65. The third-order valence-electron chi connectivity index (χ3n) is 4.48. The molecule has 0 aromatic carbocycles. The Hall–Kier alpha value is -2.67. The lowest BCUT2D eigenvalue weighted by atomic mass is 10.1. The highest BCUT2D eigenvalue weighted by Crippen LogP contribution is 2.28. The van der Waals surface area contributed by atoms with Crippen LogP contribution >= 0.6 is 0 Å². The Bertz CT molecular complexity index is 699. The molecule has 0 unspecified atom stereocenters. The molecule has 2 aliphatic rings. The van der Waals surface area contributed by atoms with Gasteiger partial charge in [0.2, 0.25) is 0 Å². The molecule has 1 fully saturated rings. The predicted octanol–water partition coefficient (Wildman–Crippen LogP) is 1.67. The topological polar surface area (TPSA) is 123 Å². The van der Waals surface area contributed by atoms with Crippen LogP contribution in [0.15, 0.2) is 35.8 Å². The number of pyridine rings is 1. The second-order valence-corrected chi connectivity index (χ2v) is 6.41. The summed E-state index contributed by atoms with van der Waals surface area (Å²) < 4.78 is 0. The van der Waals surface area contributed by atoms with Gasteiger partial charge in [-0.05, 0) is 30.9 Å². The van der Waals surface area contributed by atoms with Crippen LogP contribution < -0.4 is 21.7 Å². The Morgan fingerprint density at radius 1 is 1.40 bits per heavy atom. The molecule has 7 N–H and O–H groups in total. The van der Waals surface area contributed by atoms with E-state index in [-0.39, 0.29) is 0 Å². The van der Waals surface area contributed by atoms with Gasteiger partial charge in [0.25, 0.3) is 0 Å². The minimum atomic E-state index is 0.390. The molecule has 2 heterocycles. The molecule has 0 amide bonds. The maximum absolute atomic E-state index is 8.42. The zero-order valence-electron chi connectivity index (χ0n) is 14.2. The summed E-state index contributed by atoms with van der Waals surface area (Å²) >= 11 is 0. The van der Waals surface area contributed by atoms with Crippen molar-refractivity contribution in [3.63, 3.8) is 0 Å². The van der Waals surface area contributed by atoms with E-state index in [4.69, 9.17) is 16.6 Å². The van der Waals surface area contributed by atoms with E-state index in [0.717, 1.165) is 36.7 Å². The summed E-state index contributed by atoms with van der Waals surface area (Å²) in [6, 6.07) is 3.64. The Morgan fingerprint density at radius 3 is 2.88 bits per heavy atom. The first-order valence-corrected chi connectivity index (χ1v) is 8.62. The first kappa shape index (κ1) is 17.2. The molecule has 132 valence electrons. The number of amidine groups is 1. The summed E-state index contributed by atoms with van der Waals surface area (Å²) in [5, 5.41) is 25.7. The SMILES string of the molecule is N=C/C(=C\N)c1ccc(NC(=N)C2=C(NCC3CC3)CCNC2)cn1. The summed E-state index contributed by atoms with van der Waals surface area (Å²) in [7, 11) is 0. The highest BCUT2D eigenvalue weighted by molar-refractivity contribution is 6.08. The Balaban J connectivity index is 1.68. The lowest BCUT2D eigenvalue weighted by Crippen LogP contribution is -2.35. The van der Waals surface area contributed by atoms with Crippen molar-refractivity contribution in [2.24, 2.45) is 11.7 Å². The number of nitrogens with zero attached hydrogens (tertiary/aromatic N) is 1. The van der Waals surface area contributed by atoms with Crippen LogP contribution in [0.1, 0.15) is 25.0 Å². The molecule has 0 saturated heterocycles. The van der Waals surface area contributed by atoms with Crippen molar-refractivity contribution in [1.82, 2.24) is 15.6 Å². The second kappa shape index (κ2) is 7.94. The minimum Gasteiger partial charge on any atom is -0.404 e. The van der Waals surface area contributed by atoms with Crippen LogP contribution in [-0.2, 0) is 0 Å². The Labute approximate surface area is 147 Å². The molecule has 0 radical (unpaired) electrons. The van der Waals surface area contributed by atoms with Crippen LogP contribution in [-0.4, -0.2) is 36.7 Å². The molecular weight excluding hydrogens is 314 g/mol. The van der Waals surface area contributed by atoms with Gasteiger partial charge in [0.15, 0.2) is 0 Å². The highest BCUT2D eigenvalue weighted by Gasteiger charge is 2.23. The first-order chi connectivity index (χ1) is 12.2. The van der Waals surface area contributed by atoms with Gasteiger partial charge in [0, 0.05) is 55.3 Å². The van der Waals surface area contributed by atoms with E-state index >= 15 is 0 Å². The third-order valence-corrected chi connectivity index (χ3v) is 4.48. The van der Waals surface area contributed by atoms with Gasteiger partial charge in [-0.25, -0.2) is 0 Å².